The summed E-state index contributed by atoms with van der Waals surface area (Å²) >= 11 is 3.38. The number of hydrogen-bond acceptors (Lipinski definition) is 11. The van der Waals surface area contributed by atoms with E-state index in [4.69, 9.17) is 0 Å². The minimum atomic E-state index is -0.558. The molecule has 0 atom stereocenters. The van der Waals surface area contributed by atoms with Gasteiger partial charge in [0.05, 0.1) is 21.4 Å². The molecule has 0 bridgehead atoms. The highest BCUT2D eigenvalue weighted by Crippen LogP contribution is 2.30. The highest BCUT2D eigenvalue weighted by atomic mass is 32.2. The van der Waals surface area contributed by atoms with Crippen LogP contribution in [-0.4, -0.2) is 43.4 Å². The van der Waals surface area contributed by atoms with Crippen LogP contribution in [0, 0.1) is 34.1 Å². The number of rotatable bonds is 10. The van der Waals surface area contributed by atoms with E-state index >= 15 is 0 Å². The molecule has 0 fully saturated rings. The summed E-state index contributed by atoms with van der Waals surface area (Å²) in [6.07, 6.45) is 0. The van der Waals surface area contributed by atoms with Gasteiger partial charge in [-0.15, -0.1) is 10.2 Å². The summed E-state index contributed by atoms with van der Waals surface area (Å²) in [5.41, 5.74) is 1.25. The molecule has 3 rings (SSSR count). The molecule has 0 spiro atoms. The summed E-state index contributed by atoms with van der Waals surface area (Å²) < 4.78 is 0.964. The van der Waals surface area contributed by atoms with Crippen LogP contribution < -0.4 is 10.6 Å². The van der Waals surface area contributed by atoms with Crippen molar-refractivity contribution >= 4 is 69.4 Å². The maximum atomic E-state index is 12.2. The maximum Gasteiger partial charge on any atom is 0.293 e. The van der Waals surface area contributed by atoms with E-state index in [1.54, 1.807) is 26.0 Å². The molecule has 2 N–H and O–H groups in total. The van der Waals surface area contributed by atoms with Crippen LogP contribution in [0.5, 0.6) is 0 Å². The fourth-order valence-electron chi connectivity index (χ4n) is 2.74. The number of carbonyl (C=O) groups is 2. The third-order valence-electron chi connectivity index (χ3n) is 4.29. The summed E-state index contributed by atoms with van der Waals surface area (Å²) in [6, 6.07) is 9.04. The predicted molar refractivity (Wildman–Crippen MR) is 134 cm³/mol. The van der Waals surface area contributed by atoms with Gasteiger partial charge in [0.1, 0.15) is 11.4 Å². The lowest BCUT2D eigenvalue weighted by atomic mass is 10.2. The van der Waals surface area contributed by atoms with E-state index in [-0.39, 0.29) is 34.3 Å². The second-order valence-corrected chi connectivity index (χ2v) is 10.5. The molecular weight excluding hydrogens is 516 g/mol. The van der Waals surface area contributed by atoms with Crippen molar-refractivity contribution in [3.8, 4) is 0 Å². The van der Waals surface area contributed by atoms with Gasteiger partial charge in [0.15, 0.2) is 8.68 Å². The molecule has 2 aromatic carbocycles. The third kappa shape index (κ3) is 7.46. The number of nitro groups is 2. The van der Waals surface area contributed by atoms with Gasteiger partial charge < -0.3 is 10.6 Å². The number of nitrogens with zero attached hydrogens (tertiary/aromatic N) is 4. The van der Waals surface area contributed by atoms with Crippen LogP contribution in [0.15, 0.2) is 45.1 Å². The van der Waals surface area contributed by atoms with E-state index < -0.39 is 21.7 Å². The Hall–Kier alpha value is -3.56. The minimum Gasteiger partial charge on any atom is -0.320 e. The molecule has 0 saturated carbocycles. The molecule has 35 heavy (non-hydrogen) atoms. The second kappa shape index (κ2) is 11.7. The number of nitro benzene ring substituents is 2. The van der Waals surface area contributed by atoms with E-state index in [9.17, 15) is 29.8 Å². The predicted octanol–water partition coefficient (Wildman–Crippen LogP) is 4.43. The van der Waals surface area contributed by atoms with Gasteiger partial charge in [-0.2, -0.15) is 0 Å². The lowest BCUT2D eigenvalue weighted by Gasteiger charge is -2.06. The number of benzene rings is 2. The van der Waals surface area contributed by atoms with Crippen molar-refractivity contribution in [1.82, 2.24) is 10.2 Å². The Kier molecular flexibility index (Phi) is 8.73. The van der Waals surface area contributed by atoms with E-state index in [0.717, 1.165) is 23.5 Å². The average molecular weight is 535 g/mol. The van der Waals surface area contributed by atoms with Gasteiger partial charge >= 0.3 is 0 Å². The van der Waals surface area contributed by atoms with Gasteiger partial charge in [0.2, 0.25) is 11.8 Å². The van der Waals surface area contributed by atoms with Gasteiger partial charge in [-0.25, -0.2) is 0 Å². The third-order valence-corrected chi connectivity index (χ3v) is 7.48. The summed E-state index contributed by atoms with van der Waals surface area (Å²) in [6.45, 7) is 3.44. The molecule has 12 nitrogen and oxygen atoms in total. The van der Waals surface area contributed by atoms with Gasteiger partial charge in [-0.1, -0.05) is 47.0 Å². The molecule has 0 aliphatic carbocycles. The fourth-order valence-corrected chi connectivity index (χ4v) is 5.36. The number of anilines is 2. The zero-order valence-corrected chi connectivity index (χ0v) is 20.8. The summed E-state index contributed by atoms with van der Waals surface area (Å²) in [5, 5.41) is 35.3. The van der Waals surface area contributed by atoms with Crippen molar-refractivity contribution in [3.63, 3.8) is 0 Å². The molecule has 1 aromatic heterocycles. The van der Waals surface area contributed by atoms with Crippen molar-refractivity contribution in [2.24, 2.45) is 0 Å². The topological polar surface area (TPSA) is 170 Å². The van der Waals surface area contributed by atoms with Crippen LogP contribution in [0.25, 0.3) is 0 Å². The summed E-state index contributed by atoms with van der Waals surface area (Å²) in [5.74, 6) is -0.958. The highest BCUT2D eigenvalue weighted by molar-refractivity contribution is 8.03. The smallest absolute Gasteiger partial charge is 0.293 e. The van der Waals surface area contributed by atoms with Crippen molar-refractivity contribution in [3.05, 3.63) is 67.8 Å². The Bertz CT molecular complexity index is 1200. The first-order chi connectivity index (χ1) is 16.6. The molecule has 0 aliphatic heterocycles. The molecule has 0 unspecified atom stereocenters. The lowest BCUT2D eigenvalue weighted by Crippen LogP contribution is -2.15. The maximum absolute atomic E-state index is 12.2. The van der Waals surface area contributed by atoms with E-state index in [1.165, 1.54) is 35.6 Å². The Labute approximate surface area is 211 Å². The van der Waals surface area contributed by atoms with E-state index in [0.29, 0.717) is 19.8 Å². The number of thioether (sulfide) groups is 2. The quantitative estimate of drug-likeness (QED) is 0.215. The molecule has 3 aromatic rings. The number of nitrogens with one attached hydrogen (secondary N) is 2. The number of amides is 2. The Balaban J connectivity index is 1.50. The fraction of sp³-hybridized carbons (Fsp3) is 0.200. The Morgan fingerprint density at radius 2 is 1.23 bits per heavy atom. The first kappa shape index (κ1) is 26.1. The zero-order valence-electron chi connectivity index (χ0n) is 18.3. The molecule has 0 saturated heterocycles. The van der Waals surface area contributed by atoms with Gasteiger partial charge in [-0.3, -0.25) is 29.8 Å². The minimum absolute atomic E-state index is 0.0398. The van der Waals surface area contributed by atoms with Crippen molar-refractivity contribution in [1.29, 1.82) is 0 Å². The standard InChI is InChI=1S/C20H18N6O6S3/c1-11-3-5-13(15(7-11)25(29)30)21-17(27)9-33-19-23-24-20(35-19)34-10-18(28)22-14-6-4-12(2)8-16(14)26(31)32/h3-8H,9-10H2,1-2H3,(H,21,27)(H,22,28). The number of aryl methyl sites for hydroxylation is 2. The molecule has 1 heterocycles. The molecule has 0 aliphatic rings. The van der Waals surface area contributed by atoms with Gasteiger partial charge in [-0.05, 0) is 37.1 Å². The van der Waals surface area contributed by atoms with Crippen molar-refractivity contribution < 1.29 is 19.4 Å². The molecular formula is C20H18N6O6S3. The van der Waals surface area contributed by atoms with Crippen LogP contribution in [0.2, 0.25) is 0 Å². The van der Waals surface area contributed by atoms with Crippen LogP contribution in [0.4, 0.5) is 22.7 Å². The number of aromatic nitrogens is 2. The monoisotopic (exact) mass is 534 g/mol. The highest BCUT2D eigenvalue weighted by Gasteiger charge is 2.18. The van der Waals surface area contributed by atoms with E-state index in [1.807, 2.05) is 0 Å². The van der Waals surface area contributed by atoms with Crippen LogP contribution in [-0.2, 0) is 9.59 Å². The largest absolute Gasteiger partial charge is 0.320 e. The van der Waals surface area contributed by atoms with Gasteiger partial charge in [0, 0.05) is 12.1 Å². The zero-order chi connectivity index (χ0) is 25.5. The van der Waals surface area contributed by atoms with Crippen LogP contribution in [0.1, 0.15) is 11.1 Å². The summed E-state index contributed by atoms with van der Waals surface area (Å²) in [7, 11) is 0. The number of carbonyl (C=O) groups excluding carboxylic acids is 2. The van der Waals surface area contributed by atoms with Crippen LogP contribution >= 0.6 is 34.9 Å². The van der Waals surface area contributed by atoms with E-state index in [2.05, 4.69) is 20.8 Å². The molecule has 2 amide bonds. The van der Waals surface area contributed by atoms with Crippen LogP contribution in [0.3, 0.4) is 0 Å². The number of hydrogen-bond donors (Lipinski definition) is 2. The Morgan fingerprint density at radius 1 is 0.829 bits per heavy atom. The van der Waals surface area contributed by atoms with Crippen molar-refractivity contribution in [2.45, 2.75) is 22.5 Å². The second-order valence-electron chi connectivity index (χ2n) is 7.06. The first-order valence-electron chi connectivity index (χ1n) is 9.81. The average Bonchev–Trinajstić information content (AvgIpc) is 3.26. The first-order valence-corrected chi connectivity index (χ1v) is 12.6. The molecule has 0 radical (unpaired) electrons. The summed E-state index contributed by atoms with van der Waals surface area (Å²) in [4.78, 5) is 45.7. The lowest BCUT2D eigenvalue weighted by molar-refractivity contribution is -0.384. The molecule has 182 valence electrons. The van der Waals surface area contributed by atoms with Gasteiger partial charge in [0.25, 0.3) is 11.4 Å². The van der Waals surface area contributed by atoms with Crippen molar-refractivity contribution in [2.75, 3.05) is 22.1 Å². The SMILES string of the molecule is Cc1ccc(NC(=O)CSc2nnc(SCC(=O)Nc3ccc(C)cc3[N+](=O)[O-])s2)c([N+](=O)[O-])c1. The Morgan fingerprint density at radius 3 is 1.60 bits per heavy atom. The molecule has 15 heteroatoms. The normalized spacial score (nSPS) is 10.6.